The number of amides is 1. The predicted octanol–water partition coefficient (Wildman–Crippen LogP) is 5.38. The van der Waals surface area contributed by atoms with E-state index in [9.17, 15) is 4.79 Å². The number of halogens is 1. The lowest BCUT2D eigenvalue weighted by molar-refractivity contribution is 0.103. The van der Waals surface area contributed by atoms with Gasteiger partial charge in [-0.2, -0.15) is 4.98 Å². The first-order valence-corrected chi connectivity index (χ1v) is 10.1. The van der Waals surface area contributed by atoms with Gasteiger partial charge in [0.2, 0.25) is 5.88 Å². The number of carbonyl (C=O) groups is 1. The second kappa shape index (κ2) is 8.34. The maximum Gasteiger partial charge on any atom is 0.267 e. The number of para-hydroxylation sites is 1. The number of nitrogens with one attached hydrogen (secondary N) is 2. The maximum absolute atomic E-state index is 12.6. The van der Waals surface area contributed by atoms with E-state index < -0.39 is 0 Å². The summed E-state index contributed by atoms with van der Waals surface area (Å²) in [7, 11) is 0. The number of hydrogen-bond donors (Lipinski definition) is 2. The highest BCUT2D eigenvalue weighted by molar-refractivity contribution is 7.17. The van der Waals surface area contributed by atoms with Gasteiger partial charge in [-0.05, 0) is 46.2 Å². The zero-order valence-corrected chi connectivity index (χ0v) is 18.4. The summed E-state index contributed by atoms with van der Waals surface area (Å²) >= 11 is 7.40. The third kappa shape index (κ3) is 5.65. The van der Waals surface area contributed by atoms with E-state index in [2.05, 4.69) is 25.6 Å². The fraction of sp³-hybridized carbons (Fsp3) is 0.300. The van der Waals surface area contributed by atoms with E-state index in [4.69, 9.17) is 16.3 Å². The molecule has 9 heteroatoms. The first-order valence-electron chi connectivity index (χ1n) is 8.95. The van der Waals surface area contributed by atoms with E-state index >= 15 is 0 Å². The molecule has 152 valence electrons. The second-order valence-electron chi connectivity index (χ2n) is 7.39. The Balaban J connectivity index is 1.74. The minimum atomic E-state index is -0.374. The summed E-state index contributed by atoms with van der Waals surface area (Å²) in [5.41, 5.74) is 1.11. The Hall–Kier alpha value is -2.71. The van der Waals surface area contributed by atoms with Crippen LogP contribution in [0.15, 0.2) is 30.5 Å². The molecule has 2 N–H and O–H groups in total. The van der Waals surface area contributed by atoms with Crippen molar-refractivity contribution in [3.63, 3.8) is 0 Å². The van der Waals surface area contributed by atoms with Crippen molar-refractivity contribution in [3.05, 3.63) is 51.7 Å². The number of thiazole rings is 1. The Bertz CT molecular complexity index is 1030. The summed E-state index contributed by atoms with van der Waals surface area (Å²) in [5, 5.41) is 6.97. The molecule has 3 rings (SSSR count). The molecule has 0 radical (unpaired) electrons. The van der Waals surface area contributed by atoms with E-state index in [1.54, 1.807) is 19.1 Å². The zero-order valence-electron chi connectivity index (χ0n) is 16.8. The van der Waals surface area contributed by atoms with Crippen molar-refractivity contribution < 1.29 is 9.53 Å². The smallest absolute Gasteiger partial charge is 0.267 e. The van der Waals surface area contributed by atoms with Gasteiger partial charge in [0, 0.05) is 6.07 Å². The normalized spacial score (nSPS) is 11.2. The monoisotopic (exact) mass is 431 g/mol. The summed E-state index contributed by atoms with van der Waals surface area (Å²) in [4.78, 5) is 25.9. The summed E-state index contributed by atoms with van der Waals surface area (Å²) in [6, 6.07) is 7.16. The van der Waals surface area contributed by atoms with Gasteiger partial charge in [-0.15, -0.1) is 0 Å². The highest BCUT2D eigenvalue weighted by atomic mass is 35.5. The molecule has 0 saturated heterocycles. The van der Waals surface area contributed by atoms with Crippen molar-refractivity contribution >= 4 is 45.5 Å². The minimum Gasteiger partial charge on any atom is -0.472 e. The van der Waals surface area contributed by atoms with E-state index in [1.165, 1.54) is 17.5 Å². The fourth-order valence-corrected chi connectivity index (χ4v) is 3.47. The van der Waals surface area contributed by atoms with Gasteiger partial charge in [-0.3, -0.25) is 4.79 Å². The number of hydrogen-bond acceptors (Lipinski definition) is 7. The minimum absolute atomic E-state index is 0.276. The molecule has 0 atom stereocenters. The van der Waals surface area contributed by atoms with E-state index in [0.29, 0.717) is 38.2 Å². The lowest BCUT2D eigenvalue weighted by Gasteiger charge is -2.20. The quantitative estimate of drug-likeness (QED) is 0.564. The highest BCUT2D eigenvalue weighted by Crippen LogP contribution is 2.28. The van der Waals surface area contributed by atoms with Gasteiger partial charge in [0.05, 0.1) is 16.9 Å². The Morgan fingerprint density at radius 2 is 1.97 bits per heavy atom. The predicted molar refractivity (Wildman–Crippen MR) is 117 cm³/mol. The molecule has 2 aromatic heterocycles. The van der Waals surface area contributed by atoms with Gasteiger partial charge < -0.3 is 15.4 Å². The second-order valence-corrected chi connectivity index (χ2v) is 8.83. The van der Waals surface area contributed by atoms with Gasteiger partial charge in [0.1, 0.15) is 22.1 Å². The summed E-state index contributed by atoms with van der Waals surface area (Å²) in [6.45, 7) is 9.51. The number of aryl methyl sites for hydroxylation is 2. The molecule has 0 aliphatic rings. The van der Waals surface area contributed by atoms with Gasteiger partial charge in [-0.25, -0.2) is 9.97 Å². The Morgan fingerprint density at radius 1 is 1.21 bits per heavy atom. The SMILES string of the molecule is Cc1nc(Nc2ncc(C(=O)Nc3c(C)cccc3Cl)s2)cc(OC(C)(C)C)n1. The van der Waals surface area contributed by atoms with Crippen LogP contribution in [-0.4, -0.2) is 26.5 Å². The van der Waals surface area contributed by atoms with Crippen molar-refractivity contribution in [3.8, 4) is 5.88 Å². The van der Waals surface area contributed by atoms with E-state index in [-0.39, 0.29) is 11.5 Å². The summed E-state index contributed by atoms with van der Waals surface area (Å²) in [6.07, 6.45) is 1.51. The lowest BCUT2D eigenvalue weighted by atomic mass is 10.2. The molecule has 0 bridgehead atoms. The van der Waals surface area contributed by atoms with Crippen LogP contribution in [0.4, 0.5) is 16.6 Å². The molecule has 2 heterocycles. The average molecular weight is 432 g/mol. The lowest BCUT2D eigenvalue weighted by Crippen LogP contribution is -2.23. The molecule has 0 aliphatic heterocycles. The van der Waals surface area contributed by atoms with Crippen LogP contribution in [0, 0.1) is 13.8 Å². The van der Waals surface area contributed by atoms with Crippen molar-refractivity contribution in [2.24, 2.45) is 0 Å². The molecule has 0 spiro atoms. The number of carbonyl (C=O) groups excluding carboxylic acids is 1. The van der Waals surface area contributed by atoms with E-state index in [1.807, 2.05) is 39.8 Å². The van der Waals surface area contributed by atoms with Crippen molar-refractivity contribution in [1.29, 1.82) is 0 Å². The fourth-order valence-electron chi connectivity index (χ4n) is 2.48. The van der Waals surface area contributed by atoms with Crippen LogP contribution < -0.4 is 15.4 Å². The first-order chi connectivity index (χ1) is 13.6. The van der Waals surface area contributed by atoms with Crippen LogP contribution >= 0.6 is 22.9 Å². The number of nitrogens with zero attached hydrogens (tertiary/aromatic N) is 3. The Kier molecular flexibility index (Phi) is 6.04. The molecule has 7 nitrogen and oxygen atoms in total. The largest absolute Gasteiger partial charge is 0.472 e. The summed E-state index contributed by atoms with van der Waals surface area (Å²) < 4.78 is 5.81. The van der Waals surface area contributed by atoms with Crippen LogP contribution in [0.3, 0.4) is 0 Å². The number of ether oxygens (including phenoxy) is 1. The van der Waals surface area contributed by atoms with Crippen molar-refractivity contribution in [1.82, 2.24) is 15.0 Å². The average Bonchev–Trinajstić information content (AvgIpc) is 3.04. The van der Waals surface area contributed by atoms with Gasteiger partial charge in [-0.1, -0.05) is 35.1 Å². The molecule has 0 unspecified atom stereocenters. The summed E-state index contributed by atoms with van der Waals surface area (Å²) in [5.74, 6) is 1.30. The third-order valence-electron chi connectivity index (χ3n) is 3.65. The molecular formula is C20H22ClN5O2S. The Labute approximate surface area is 178 Å². The van der Waals surface area contributed by atoms with Gasteiger partial charge in [0.25, 0.3) is 5.91 Å². The van der Waals surface area contributed by atoms with Crippen molar-refractivity contribution in [2.45, 2.75) is 40.2 Å². The van der Waals surface area contributed by atoms with Gasteiger partial charge in [0.15, 0.2) is 5.13 Å². The zero-order chi connectivity index (χ0) is 21.2. The molecule has 29 heavy (non-hydrogen) atoms. The first kappa shape index (κ1) is 21.0. The molecular weight excluding hydrogens is 410 g/mol. The maximum atomic E-state index is 12.6. The topological polar surface area (TPSA) is 89.0 Å². The third-order valence-corrected chi connectivity index (χ3v) is 4.88. The molecule has 1 amide bonds. The number of anilines is 3. The molecule has 0 fully saturated rings. The van der Waals surface area contributed by atoms with Crippen LogP contribution in [0.25, 0.3) is 0 Å². The van der Waals surface area contributed by atoms with Crippen LogP contribution in [0.1, 0.15) is 41.8 Å². The Morgan fingerprint density at radius 3 is 2.66 bits per heavy atom. The molecule has 1 aromatic carbocycles. The van der Waals surface area contributed by atoms with Crippen LogP contribution in [0.2, 0.25) is 5.02 Å². The number of aromatic nitrogens is 3. The van der Waals surface area contributed by atoms with E-state index in [0.717, 1.165) is 5.56 Å². The van der Waals surface area contributed by atoms with Gasteiger partial charge >= 0.3 is 0 Å². The van der Waals surface area contributed by atoms with Crippen LogP contribution in [0.5, 0.6) is 5.88 Å². The standard InChI is InChI=1S/C20H22ClN5O2S/c1-11-7-6-8-13(21)17(11)26-18(27)14-10-22-19(29-14)25-15-9-16(24-12(2)23-15)28-20(3,4)5/h6-10H,1-5H3,(H,26,27)(H,22,23,24,25). The number of benzene rings is 1. The highest BCUT2D eigenvalue weighted by Gasteiger charge is 2.16. The number of rotatable bonds is 5. The molecule has 3 aromatic rings. The van der Waals surface area contributed by atoms with Crippen LogP contribution in [-0.2, 0) is 0 Å². The molecule has 0 saturated carbocycles. The molecule has 0 aliphatic carbocycles. The van der Waals surface area contributed by atoms with Crippen molar-refractivity contribution in [2.75, 3.05) is 10.6 Å².